The summed E-state index contributed by atoms with van der Waals surface area (Å²) in [4.78, 5) is 3.20. The number of halogens is 1. The van der Waals surface area contributed by atoms with Crippen LogP contribution >= 0.6 is 23.8 Å². The Morgan fingerprint density at radius 2 is 1.90 bits per heavy atom. The minimum atomic E-state index is 0.390. The highest BCUT2D eigenvalue weighted by Crippen LogP contribution is 2.25. The second kappa shape index (κ2) is 5.43. The number of aromatic nitrogens is 2. The van der Waals surface area contributed by atoms with Gasteiger partial charge in [-0.15, -0.1) is 0 Å². The van der Waals surface area contributed by atoms with E-state index < -0.39 is 0 Å². The van der Waals surface area contributed by atoms with Crippen LogP contribution in [0.1, 0.15) is 18.4 Å². The molecule has 4 heteroatoms. The summed E-state index contributed by atoms with van der Waals surface area (Å²) < 4.78 is 2.84. The van der Waals surface area contributed by atoms with Crippen LogP contribution < -0.4 is 0 Å². The lowest BCUT2D eigenvalue weighted by molar-refractivity contribution is 0.605. The van der Waals surface area contributed by atoms with Gasteiger partial charge < -0.3 is 9.55 Å². The van der Waals surface area contributed by atoms with E-state index in [0.29, 0.717) is 10.9 Å². The molecule has 1 atom stereocenters. The maximum absolute atomic E-state index is 6.21. The number of hydrogen-bond acceptors (Lipinski definition) is 1. The minimum absolute atomic E-state index is 0.390. The first-order chi connectivity index (χ1) is 9.66. The van der Waals surface area contributed by atoms with Gasteiger partial charge in [-0.1, -0.05) is 54.9 Å². The molecule has 20 heavy (non-hydrogen) atoms. The Morgan fingerprint density at radius 1 is 1.15 bits per heavy atom. The van der Waals surface area contributed by atoms with Crippen LogP contribution in [0.3, 0.4) is 0 Å². The highest BCUT2D eigenvalue weighted by Gasteiger charge is 2.11. The van der Waals surface area contributed by atoms with Gasteiger partial charge >= 0.3 is 0 Å². The molecule has 102 valence electrons. The number of imidazole rings is 1. The van der Waals surface area contributed by atoms with Crippen LogP contribution in [0, 0.1) is 4.77 Å². The second-order valence-electron chi connectivity index (χ2n) is 4.99. The lowest BCUT2D eigenvalue weighted by Crippen LogP contribution is -2.06. The third-order valence-electron chi connectivity index (χ3n) is 3.58. The van der Waals surface area contributed by atoms with Crippen LogP contribution in [-0.2, 0) is 6.54 Å². The maximum Gasteiger partial charge on any atom is 0.178 e. The van der Waals surface area contributed by atoms with Gasteiger partial charge in [0.2, 0.25) is 0 Å². The number of para-hydroxylation sites is 1. The molecule has 0 amide bonds. The number of hydrogen-bond donors (Lipinski definition) is 1. The molecular formula is C16H15ClN2S. The molecule has 3 aromatic rings. The molecule has 0 saturated heterocycles. The Morgan fingerprint density at radius 3 is 2.65 bits per heavy atom. The Bertz CT molecular complexity index is 789. The SMILES string of the molecule is CC(Cn1c(=S)[nH]c2c(Cl)cccc21)c1ccccc1. The lowest BCUT2D eigenvalue weighted by atomic mass is 10.0. The van der Waals surface area contributed by atoms with Gasteiger partial charge in [-0.2, -0.15) is 0 Å². The van der Waals surface area contributed by atoms with Gasteiger partial charge in [-0.25, -0.2) is 0 Å². The van der Waals surface area contributed by atoms with Gasteiger partial charge in [0, 0.05) is 6.54 Å². The quantitative estimate of drug-likeness (QED) is 0.663. The summed E-state index contributed by atoms with van der Waals surface area (Å²) in [6.07, 6.45) is 0. The molecule has 0 bridgehead atoms. The number of nitrogens with one attached hydrogen (secondary N) is 1. The largest absolute Gasteiger partial charge is 0.329 e. The van der Waals surface area contributed by atoms with Crippen molar-refractivity contribution >= 4 is 34.9 Å². The van der Waals surface area contributed by atoms with Crippen molar-refractivity contribution in [3.63, 3.8) is 0 Å². The fraction of sp³-hybridized carbons (Fsp3) is 0.188. The number of nitrogens with zero attached hydrogens (tertiary/aromatic N) is 1. The number of aromatic amines is 1. The first kappa shape index (κ1) is 13.4. The first-order valence-corrected chi connectivity index (χ1v) is 7.37. The molecule has 2 aromatic carbocycles. The third kappa shape index (κ3) is 2.39. The number of fused-ring (bicyclic) bond motifs is 1. The second-order valence-corrected chi connectivity index (χ2v) is 5.78. The van der Waals surface area contributed by atoms with E-state index in [1.54, 1.807) is 0 Å². The van der Waals surface area contributed by atoms with Crippen LogP contribution in [0.5, 0.6) is 0 Å². The van der Waals surface area contributed by atoms with E-state index in [-0.39, 0.29) is 0 Å². The van der Waals surface area contributed by atoms with Crippen molar-refractivity contribution in [3.8, 4) is 0 Å². The highest BCUT2D eigenvalue weighted by atomic mass is 35.5. The van der Waals surface area contributed by atoms with E-state index >= 15 is 0 Å². The normalized spacial score (nSPS) is 12.7. The summed E-state index contributed by atoms with van der Waals surface area (Å²) in [5, 5.41) is 0.708. The topological polar surface area (TPSA) is 20.7 Å². The molecule has 0 fully saturated rings. The van der Waals surface area contributed by atoms with Crippen molar-refractivity contribution in [1.82, 2.24) is 9.55 Å². The number of H-pyrrole nitrogens is 1. The van der Waals surface area contributed by atoms with E-state index in [2.05, 4.69) is 40.7 Å². The molecule has 0 aliphatic rings. The summed E-state index contributed by atoms with van der Waals surface area (Å²) in [7, 11) is 0. The number of rotatable bonds is 3. The molecule has 1 aromatic heterocycles. The van der Waals surface area contributed by atoms with Crippen molar-refractivity contribution in [2.45, 2.75) is 19.4 Å². The van der Waals surface area contributed by atoms with Gasteiger partial charge in [-0.3, -0.25) is 0 Å². The van der Waals surface area contributed by atoms with E-state index in [0.717, 1.165) is 22.3 Å². The summed E-state index contributed by atoms with van der Waals surface area (Å²) in [6, 6.07) is 16.3. The highest BCUT2D eigenvalue weighted by molar-refractivity contribution is 7.71. The van der Waals surface area contributed by atoms with Crippen molar-refractivity contribution in [3.05, 3.63) is 63.9 Å². The Hall–Kier alpha value is -1.58. The van der Waals surface area contributed by atoms with Crippen LogP contribution in [0.4, 0.5) is 0 Å². The van der Waals surface area contributed by atoms with E-state index in [1.807, 2.05) is 24.3 Å². The zero-order valence-electron chi connectivity index (χ0n) is 11.1. The third-order valence-corrected chi connectivity index (χ3v) is 4.22. The average Bonchev–Trinajstić information content (AvgIpc) is 2.78. The molecule has 1 unspecified atom stereocenters. The van der Waals surface area contributed by atoms with Gasteiger partial charge in [0.05, 0.1) is 16.1 Å². The van der Waals surface area contributed by atoms with Crippen molar-refractivity contribution in [2.75, 3.05) is 0 Å². The Labute approximate surface area is 128 Å². The minimum Gasteiger partial charge on any atom is -0.329 e. The molecule has 2 nitrogen and oxygen atoms in total. The van der Waals surface area contributed by atoms with Crippen LogP contribution in [0.25, 0.3) is 11.0 Å². The molecule has 1 N–H and O–H groups in total. The van der Waals surface area contributed by atoms with Crippen LogP contribution in [0.2, 0.25) is 5.02 Å². The first-order valence-electron chi connectivity index (χ1n) is 6.59. The van der Waals surface area contributed by atoms with Gasteiger partial charge in [-0.05, 0) is 35.8 Å². The Kier molecular flexibility index (Phi) is 3.64. The molecule has 0 spiro atoms. The average molecular weight is 303 g/mol. The monoisotopic (exact) mass is 302 g/mol. The number of benzene rings is 2. The smallest absolute Gasteiger partial charge is 0.178 e. The van der Waals surface area contributed by atoms with E-state index in [9.17, 15) is 0 Å². The molecule has 0 aliphatic heterocycles. The van der Waals surface area contributed by atoms with Gasteiger partial charge in [0.15, 0.2) is 4.77 Å². The standard InChI is InChI=1S/C16H15ClN2S/c1-11(12-6-3-2-4-7-12)10-19-14-9-5-8-13(17)15(14)18-16(19)20/h2-9,11H,10H2,1H3,(H,18,20). The van der Waals surface area contributed by atoms with Crippen molar-refractivity contribution in [1.29, 1.82) is 0 Å². The fourth-order valence-corrected chi connectivity index (χ4v) is 2.98. The van der Waals surface area contributed by atoms with Crippen LogP contribution in [0.15, 0.2) is 48.5 Å². The maximum atomic E-state index is 6.21. The Balaban J connectivity index is 2.01. The summed E-state index contributed by atoms with van der Waals surface area (Å²) in [6.45, 7) is 3.05. The van der Waals surface area contributed by atoms with E-state index in [1.165, 1.54) is 5.56 Å². The zero-order chi connectivity index (χ0) is 14.1. The van der Waals surface area contributed by atoms with Crippen LogP contribution in [-0.4, -0.2) is 9.55 Å². The van der Waals surface area contributed by atoms with Gasteiger partial charge in [0.25, 0.3) is 0 Å². The zero-order valence-corrected chi connectivity index (χ0v) is 12.7. The summed E-state index contributed by atoms with van der Waals surface area (Å²) in [5.74, 6) is 0.390. The predicted molar refractivity (Wildman–Crippen MR) is 87.0 cm³/mol. The molecular weight excluding hydrogens is 288 g/mol. The van der Waals surface area contributed by atoms with Crippen molar-refractivity contribution in [2.24, 2.45) is 0 Å². The molecule has 0 aliphatic carbocycles. The molecule has 1 heterocycles. The van der Waals surface area contributed by atoms with Crippen molar-refractivity contribution < 1.29 is 0 Å². The lowest BCUT2D eigenvalue weighted by Gasteiger charge is -2.13. The van der Waals surface area contributed by atoms with Gasteiger partial charge in [0.1, 0.15) is 0 Å². The molecule has 3 rings (SSSR count). The fourth-order valence-electron chi connectivity index (χ4n) is 2.49. The van der Waals surface area contributed by atoms with E-state index in [4.69, 9.17) is 23.8 Å². The summed E-state index contributed by atoms with van der Waals surface area (Å²) >= 11 is 11.6. The molecule has 0 saturated carbocycles. The molecule has 0 radical (unpaired) electrons. The summed E-state index contributed by atoms with van der Waals surface area (Å²) in [5.41, 5.74) is 3.29. The predicted octanol–water partition coefficient (Wildman–Crippen LogP) is 5.16.